The molecule has 0 aliphatic carbocycles. The zero-order chi connectivity index (χ0) is 19.4. The van der Waals surface area contributed by atoms with E-state index in [0.717, 1.165) is 37.7 Å². The molecule has 0 unspecified atom stereocenters. The van der Waals surface area contributed by atoms with E-state index < -0.39 is 11.9 Å². The molecule has 1 aromatic carbocycles. The summed E-state index contributed by atoms with van der Waals surface area (Å²) in [6, 6.07) is 4.51. The Morgan fingerprint density at radius 3 is 2.59 bits per heavy atom. The first-order valence-electron chi connectivity index (χ1n) is 8.74. The minimum atomic E-state index is -0.512. The van der Waals surface area contributed by atoms with Gasteiger partial charge in [0.1, 0.15) is 11.5 Å². The van der Waals surface area contributed by atoms with Gasteiger partial charge in [0, 0.05) is 13.1 Å². The first kappa shape index (κ1) is 19.1. The van der Waals surface area contributed by atoms with Crippen LogP contribution in [0.5, 0.6) is 0 Å². The van der Waals surface area contributed by atoms with E-state index in [-0.39, 0.29) is 11.3 Å². The number of methoxy groups -OCH3 is 1. The van der Waals surface area contributed by atoms with Crippen molar-refractivity contribution in [1.82, 2.24) is 9.97 Å². The Labute approximate surface area is 162 Å². The summed E-state index contributed by atoms with van der Waals surface area (Å²) in [4.78, 5) is 34.8. The minimum Gasteiger partial charge on any atom is -0.465 e. The van der Waals surface area contributed by atoms with E-state index in [1.807, 2.05) is 0 Å². The van der Waals surface area contributed by atoms with Crippen LogP contribution >= 0.6 is 11.6 Å². The van der Waals surface area contributed by atoms with Crippen molar-refractivity contribution in [3.8, 4) is 0 Å². The lowest BCUT2D eigenvalue weighted by Crippen LogP contribution is -2.33. The maximum Gasteiger partial charge on any atom is 0.337 e. The standard InChI is InChI=1S/C19H21ClN4O3/c1-12-5-7-24(8-6-12)17-11-21-16(10-22-17)18(25)23-15-9-13(19(26)27-2)3-4-14(15)20/h3-4,9-12H,5-8H2,1-2H3,(H,23,25). The van der Waals surface area contributed by atoms with Crippen LogP contribution in [0.2, 0.25) is 5.02 Å². The third-order valence-corrected chi connectivity index (χ3v) is 4.94. The first-order chi connectivity index (χ1) is 13.0. The molecule has 142 valence electrons. The van der Waals surface area contributed by atoms with Gasteiger partial charge in [0.25, 0.3) is 5.91 Å². The number of hydrogen-bond acceptors (Lipinski definition) is 6. The average Bonchev–Trinajstić information content (AvgIpc) is 2.69. The molecule has 0 atom stereocenters. The largest absolute Gasteiger partial charge is 0.465 e. The summed E-state index contributed by atoms with van der Waals surface area (Å²) >= 11 is 6.10. The van der Waals surface area contributed by atoms with Crippen LogP contribution in [0.15, 0.2) is 30.6 Å². The number of hydrogen-bond donors (Lipinski definition) is 1. The molecule has 3 rings (SSSR count). The molecule has 2 aromatic rings. The molecule has 8 heteroatoms. The molecule has 1 fully saturated rings. The third-order valence-electron chi connectivity index (χ3n) is 4.61. The number of amides is 1. The van der Waals surface area contributed by atoms with Crippen LogP contribution in [0, 0.1) is 5.92 Å². The SMILES string of the molecule is COC(=O)c1ccc(Cl)c(NC(=O)c2cnc(N3CCC(C)CC3)cn2)c1. The lowest BCUT2D eigenvalue weighted by Gasteiger charge is -2.30. The Kier molecular flexibility index (Phi) is 5.91. The fourth-order valence-corrected chi connectivity index (χ4v) is 3.06. The van der Waals surface area contributed by atoms with E-state index in [9.17, 15) is 9.59 Å². The summed E-state index contributed by atoms with van der Waals surface area (Å²) in [5.41, 5.74) is 0.766. The summed E-state index contributed by atoms with van der Waals surface area (Å²) in [5.74, 6) is 0.529. The second kappa shape index (κ2) is 8.35. The van der Waals surface area contributed by atoms with Crippen molar-refractivity contribution < 1.29 is 14.3 Å². The normalized spacial score (nSPS) is 14.7. The predicted molar refractivity (Wildman–Crippen MR) is 103 cm³/mol. The molecular formula is C19H21ClN4O3. The van der Waals surface area contributed by atoms with E-state index in [0.29, 0.717) is 10.7 Å². The van der Waals surface area contributed by atoms with Crippen LogP contribution in [0.4, 0.5) is 11.5 Å². The Morgan fingerprint density at radius 1 is 1.22 bits per heavy atom. The number of aromatic nitrogens is 2. The summed E-state index contributed by atoms with van der Waals surface area (Å²) < 4.78 is 4.68. The third kappa shape index (κ3) is 4.54. The molecule has 1 saturated heterocycles. The number of anilines is 2. The van der Waals surface area contributed by atoms with Gasteiger partial charge in [-0.25, -0.2) is 14.8 Å². The Hall–Kier alpha value is -2.67. The van der Waals surface area contributed by atoms with Crippen molar-refractivity contribution in [2.24, 2.45) is 5.92 Å². The second-order valence-corrected chi connectivity index (χ2v) is 6.98. The van der Waals surface area contributed by atoms with Gasteiger partial charge in [-0.05, 0) is 37.0 Å². The van der Waals surface area contributed by atoms with Gasteiger partial charge in [0.05, 0.1) is 35.8 Å². The van der Waals surface area contributed by atoms with Crippen molar-refractivity contribution in [3.63, 3.8) is 0 Å². The first-order valence-corrected chi connectivity index (χ1v) is 9.12. The number of nitrogens with one attached hydrogen (secondary N) is 1. The molecule has 7 nitrogen and oxygen atoms in total. The smallest absolute Gasteiger partial charge is 0.337 e. The molecule has 1 amide bonds. The van der Waals surface area contributed by atoms with Gasteiger partial charge in [-0.2, -0.15) is 0 Å². The number of halogens is 1. The highest BCUT2D eigenvalue weighted by molar-refractivity contribution is 6.34. The van der Waals surface area contributed by atoms with E-state index in [1.54, 1.807) is 6.20 Å². The van der Waals surface area contributed by atoms with Crippen molar-refractivity contribution in [2.45, 2.75) is 19.8 Å². The lowest BCUT2D eigenvalue weighted by atomic mass is 9.99. The van der Waals surface area contributed by atoms with Gasteiger partial charge in [0.2, 0.25) is 0 Å². The molecule has 0 radical (unpaired) electrons. The van der Waals surface area contributed by atoms with Crippen LogP contribution in [0.1, 0.15) is 40.6 Å². The van der Waals surface area contributed by atoms with E-state index in [4.69, 9.17) is 11.6 Å². The second-order valence-electron chi connectivity index (χ2n) is 6.57. The zero-order valence-electron chi connectivity index (χ0n) is 15.2. The highest BCUT2D eigenvalue weighted by atomic mass is 35.5. The van der Waals surface area contributed by atoms with Crippen LogP contribution in [0.3, 0.4) is 0 Å². The van der Waals surface area contributed by atoms with Gasteiger partial charge in [-0.15, -0.1) is 0 Å². The topological polar surface area (TPSA) is 84.4 Å². The number of carbonyl (C=O) groups excluding carboxylic acids is 2. The Morgan fingerprint density at radius 2 is 1.96 bits per heavy atom. The highest BCUT2D eigenvalue weighted by Gasteiger charge is 2.18. The maximum atomic E-state index is 12.4. The van der Waals surface area contributed by atoms with E-state index in [2.05, 4.69) is 31.8 Å². The lowest BCUT2D eigenvalue weighted by molar-refractivity contribution is 0.0600. The van der Waals surface area contributed by atoms with Crippen molar-refractivity contribution in [3.05, 3.63) is 46.9 Å². The molecule has 1 aromatic heterocycles. The number of piperidine rings is 1. The number of benzene rings is 1. The molecular weight excluding hydrogens is 368 g/mol. The fraction of sp³-hybridized carbons (Fsp3) is 0.368. The number of carbonyl (C=O) groups is 2. The summed E-state index contributed by atoms with van der Waals surface area (Å²) in [6.45, 7) is 4.13. The quantitative estimate of drug-likeness (QED) is 0.808. The summed E-state index contributed by atoms with van der Waals surface area (Å²) in [6.07, 6.45) is 5.30. The van der Waals surface area contributed by atoms with Gasteiger partial charge in [-0.3, -0.25) is 4.79 Å². The minimum absolute atomic E-state index is 0.170. The van der Waals surface area contributed by atoms with Crippen LogP contribution in [-0.2, 0) is 4.74 Å². The molecule has 1 aliphatic rings. The molecule has 1 N–H and O–H groups in total. The molecule has 1 aliphatic heterocycles. The maximum absolute atomic E-state index is 12.4. The Balaban J connectivity index is 1.70. The number of ether oxygens (including phenoxy) is 1. The van der Waals surface area contributed by atoms with Gasteiger partial charge < -0.3 is 15.0 Å². The van der Waals surface area contributed by atoms with Gasteiger partial charge in [-0.1, -0.05) is 18.5 Å². The molecule has 27 heavy (non-hydrogen) atoms. The van der Waals surface area contributed by atoms with Crippen LogP contribution in [-0.4, -0.2) is 42.0 Å². The predicted octanol–water partition coefficient (Wildman–Crippen LogP) is 3.41. The van der Waals surface area contributed by atoms with E-state index in [1.165, 1.54) is 31.5 Å². The molecule has 2 heterocycles. The van der Waals surface area contributed by atoms with Crippen molar-refractivity contribution >= 4 is 35.0 Å². The van der Waals surface area contributed by atoms with Crippen molar-refractivity contribution in [1.29, 1.82) is 0 Å². The fourth-order valence-electron chi connectivity index (χ4n) is 2.89. The summed E-state index contributed by atoms with van der Waals surface area (Å²) in [5, 5.41) is 2.96. The summed E-state index contributed by atoms with van der Waals surface area (Å²) in [7, 11) is 1.29. The van der Waals surface area contributed by atoms with Crippen molar-refractivity contribution in [2.75, 3.05) is 30.4 Å². The highest BCUT2D eigenvalue weighted by Crippen LogP contribution is 2.24. The van der Waals surface area contributed by atoms with Gasteiger partial charge >= 0.3 is 5.97 Å². The number of esters is 1. The average molecular weight is 389 g/mol. The number of rotatable bonds is 4. The monoisotopic (exact) mass is 388 g/mol. The van der Waals surface area contributed by atoms with Crippen LogP contribution < -0.4 is 10.2 Å². The van der Waals surface area contributed by atoms with Gasteiger partial charge in [0.15, 0.2) is 0 Å². The zero-order valence-corrected chi connectivity index (χ0v) is 16.0. The molecule has 0 saturated carbocycles. The number of nitrogens with zero attached hydrogens (tertiary/aromatic N) is 3. The van der Waals surface area contributed by atoms with Crippen LogP contribution in [0.25, 0.3) is 0 Å². The Bertz CT molecular complexity index is 833. The van der Waals surface area contributed by atoms with E-state index >= 15 is 0 Å². The molecule has 0 bridgehead atoms. The molecule has 0 spiro atoms.